The molecule has 6 nitrogen and oxygen atoms in total. The van der Waals surface area contributed by atoms with Crippen LogP contribution in [0.5, 0.6) is 11.5 Å². The van der Waals surface area contributed by atoms with E-state index in [1.807, 2.05) is 36.4 Å². The van der Waals surface area contributed by atoms with Gasteiger partial charge in [0, 0.05) is 18.3 Å². The largest absolute Gasteiger partial charge is 0.595 e. The molecule has 0 amide bonds. The van der Waals surface area contributed by atoms with Crippen LogP contribution in [0, 0.1) is 5.21 Å². The molecule has 1 heterocycles. The molecule has 3 aromatic rings. The second-order valence-electron chi connectivity index (χ2n) is 6.57. The Hall–Kier alpha value is -3.19. The number of rotatable bonds is 3. The number of nitrogens with zero attached hydrogens (tertiary/aromatic N) is 1. The van der Waals surface area contributed by atoms with Gasteiger partial charge in [-0.3, -0.25) is 4.99 Å². The fourth-order valence-electron chi connectivity index (χ4n) is 3.55. The fourth-order valence-corrected chi connectivity index (χ4v) is 3.55. The fraction of sp³-hybridized carbons (Fsp3) is 0.0952. The molecule has 0 spiro atoms. The second-order valence-corrected chi connectivity index (χ2v) is 6.57. The third-order valence-corrected chi connectivity index (χ3v) is 4.87. The van der Waals surface area contributed by atoms with Gasteiger partial charge < -0.3 is 14.7 Å². The SMILES string of the molecule is [O-][NH+](O)c1ccc2c(c1)Cc1cc(N=Cc3ccc4c(c3)OCO4)ccc1-2. The van der Waals surface area contributed by atoms with Crippen LogP contribution in [0.15, 0.2) is 59.6 Å². The molecule has 2 N–H and O–H groups in total. The number of aliphatic imine (C=N–C) groups is 1. The molecule has 0 bridgehead atoms. The molecule has 0 aromatic heterocycles. The van der Waals surface area contributed by atoms with Crippen LogP contribution in [0.3, 0.4) is 0 Å². The Balaban J connectivity index is 1.41. The Kier molecular flexibility index (Phi) is 3.68. The summed E-state index contributed by atoms with van der Waals surface area (Å²) in [4.78, 5) is 4.57. The Morgan fingerprint density at radius 1 is 0.926 bits per heavy atom. The van der Waals surface area contributed by atoms with Gasteiger partial charge in [-0.05, 0) is 70.6 Å². The molecule has 3 aromatic carbocycles. The number of hydrogen-bond donors (Lipinski definition) is 2. The summed E-state index contributed by atoms with van der Waals surface area (Å²) in [6.07, 6.45) is 2.52. The van der Waals surface area contributed by atoms with Gasteiger partial charge in [0.2, 0.25) is 6.79 Å². The molecular weight excluding hydrogens is 344 g/mol. The lowest BCUT2D eigenvalue weighted by molar-refractivity contribution is -0.991. The Labute approximate surface area is 155 Å². The highest BCUT2D eigenvalue weighted by Crippen LogP contribution is 2.39. The van der Waals surface area contributed by atoms with Crippen LogP contribution >= 0.6 is 0 Å². The van der Waals surface area contributed by atoms with Gasteiger partial charge in [-0.15, -0.1) is 0 Å². The summed E-state index contributed by atoms with van der Waals surface area (Å²) in [6.45, 7) is 0.255. The molecule has 0 saturated heterocycles. The van der Waals surface area contributed by atoms with Crippen LogP contribution in [-0.4, -0.2) is 18.2 Å². The Morgan fingerprint density at radius 3 is 2.56 bits per heavy atom. The van der Waals surface area contributed by atoms with Gasteiger partial charge in [0.25, 0.3) is 0 Å². The molecule has 1 unspecified atom stereocenters. The highest BCUT2D eigenvalue weighted by atomic mass is 16.8. The van der Waals surface area contributed by atoms with Crippen LogP contribution in [-0.2, 0) is 6.42 Å². The van der Waals surface area contributed by atoms with E-state index in [9.17, 15) is 10.4 Å². The molecule has 6 heteroatoms. The maximum Gasteiger partial charge on any atom is 0.231 e. The van der Waals surface area contributed by atoms with E-state index in [0.29, 0.717) is 5.69 Å². The number of nitrogens with one attached hydrogen (secondary N) is 1. The molecule has 27 heavy (non-hydrogen) atoms. The Bertz CT molecular complexity index is 1080. The van der Waals surface area contributed by atoms with Crippen molar-refractivity contribution >= 4 is 17.6 Å². The lowest BCUT2D eigenvalue weighted by Gasteiger charge is -2.12. The zero-order valence-electron chi connectivity index (χ0n) is 14.3. The lowest BCUT2D eigenvalue weighted by Crippen LogP contribution is -2.99. The van der Waals surface area contributed by atoms with Crippen molar-refractivity contribution in [2.75, 3.05) is 6.79 Å². The van der Waals surface area contributed by atoms with Crippen LogP contribution in [0.25, 0.3) is 11.1 Å². The van der Waals surface area contributed by atoms with Crippen molar-refractivity contribution in [2.24, 2.45) is 4.99 Å². The van der Waals surface area contributed by atoms with Crippen LogP contribution in [0.1, 0.15) is 16.7 Å². The van der Waals surface area contributed by atoms with Crippen molar-refractivity contribution in [1.29, 1.82) is 0 Å². The number of benzene rings is 3. The number of fused-ring (bicyclic) bond motifs is 4. The maximum absolute atomic E-state index is 11.2. The van der Waals surface area contributed by atoms with E-state index in [1.165, 1.54) is 0 Å². The van der Waals surface area contributed by atoms with Crippen LogP contribution < -0.4 is 14.7 Å². The molecule has 0 fully saturated rings. The van der Waals surface area contributed by atoms with E-state index in [0.717, 1.165) is 51.4 Å². The van der Waals surface area contributed by atoms with Gasteiger partial charge in [-0.2, -0.15) is 5.23 Å². The molecule has 5 rings (SSSR count). The van der Waals surface area contributed by atoms with E-state index >= 15 is 0 Å². The van der Waals surface area contributed by atoms with Crippen molar-refractivity contribution in [1.82, 2.24) is 0 Å². The van der Waals surface area contributed by atoms with Crippen molar-refractivity contribution in [3.63, 3.8) is 0 Å². The summed E-state index contributed by atoms with van der Waals surface area (Å²) in [6, 6.07) is 17.1. The summed E-state index contributed by atoms with van der Waals surface area (Å²) < 4.78 is 10.7. The second kappa shape index (κ2) is 6.21. The molecule has 1 aliphatic carbocycles. The monoisotopic (exact) mass is 360 g/mol. The van der Waals surface area contributed by atoms with Gasteiger partial charge in [0.05, 0.1) is 5.69 Å². The molecule has 1 aliphatic heterocycles. The summed E-state index contributed by atoms with van der Waals surface area (Å²) >= 11 is 0. The summed E-state index contributed by atoms with van der Waals surface area (Å²) in [5, 5.41) is 19.5. The van der Waals surface area contributed by atoms with Gasteiger partial charge >= 0.3 is 0 Å². The normalized spacial score (nSPS) is 15.0. The molecule has 134 valence electrons. The average Bonchev–Trinajstić information content (AvgIpc) is 3.28. The maximum atomic E-state index is 11.2. The van der Waals surface area contributed by atoms with Crippen LogP contribution in [0.4, 0.5) is 11.4 Å². The van der Waals surface area contributed by atoms with Gasteiger partial charge in [0.1, 0.15) is 0 Å². The van der Waals surface area contributed by atoms with Crippen molar-refractivity contribution in [3.8, 4) is 22.6 Å². The predicted molar refractivity (Wildman–Crippen MR) is 100 cm³/mol. The first-order chi connectivity index (χ1) is 13.2. The van der Waals surface area contributed by atoms with Gasteiger partial charge in [-0.1, -0.05) is 6.07 Å². The molecule has 0 radical (unpaired) electrons. The smallest absolute Gasteiger partial charge is 0.231 e. The third-order valence-electron chi connectivity index (χ3n) is 4.87. The summed E-state index contributed by atoms with van der Waals surface area (Å²) in [5.41, 5.74) is 6.56. The zero-order chi connectivity index (χ0) is 18.4. The molecule has 2 aliphatic rings. The lowest BCUT2D eigenvalue weighted by atomic mass is 10.1. The average molecular weight is 360 g/mol. The quantitative estimate of drug-likeness (QED) is 0.435. The van der Waals surface area contributed by atoms with Crippen molar-refractivity contribution in [2.45, 2.75) is 6.42 Å². The predicted octanol–water partition coefficient (Wildman–Crippen LogP) is 3.14. The van der Waals surface area contributed by atoms with Gasteiger partial charge in [-0.25, -0.2) is 5.21 Å². The summed E-state index contributed by atoms with van der Waals surface area (Å²) in [7, 11) is 0. The summed E-state index contributed by atoms with van der Waals surface area (Å²) in [5.74, 6) is 1.49. The topological polar surface area (TPSA) is 78.6 Å². The molecular formula is C21H16N2O4. The van der Waals surface area contributed by atoms with Crippen LogP contribution in [0.2, 0.25) is 0 Å². The number of quaternary nitrogens is 1. The first-order valence-corrected chi connectivity index (χ1v) is 8.61. The highest BCUT2D eigenvalue weighted by Gasteiger charge is 2.20. The Morgan fingerprint density at radius 2 is 1.70 bits per heavy atom. The number of hydrogen-bond acceptors (Lipinski definition) is 5. The van der Waals surface area contributed by atoms with E-state index in [1.54, 1.807) is 18.3 Å². The third kappa shape index (κ3) is 2.86. The van der Waals surface area contributed by atoms with E-state index in [-0.39, 0.29) is 6.79 Å². The minimum atomic E-state index is -0.900. The highest BCUT2D eigenvalue weighted by molar-refractivity contribution is 5.84. The molecule has 1 atom stereocenters. The zero-order valence-corrected chi connectivity index (χ0v) is 14.3. The minimum Gasteiger partial charge on any atom is -0.595 e. The van der Waals surface area contributed by atoms with E-state index in [2.05, 4.69) is 11.1 Å². The van der Waals surface area contributed by atoms with E-state index < -0.39 is 5.23 Å². The van der Waals surface area contributed by atoms with E-state index in [4.69, 9.17) is 9.47 Å². The number of ether oxygens (including phenoxy) is 2. The molecule has 0 saturated carbocycles. The van der Waals surface area contributed by atoms with Crippen molar-refractivity contribution < 1.29 is 19.9 Å². The van der Waals surface area contributed by atoms with Gasteiger partial charge in [0.15, 0.2) is 17.2 Å². The first kappa shape index (κ1) is 16.0. The standard InChI is InChI=1S/C21H16N2O4/c24-23(25)17-3-5-19-15(10-17)8-14-9-16(2-4-18(14)19)22-11-13-1-6-20-21(7-13)27-12-26-20/h1-7,9-11,23-24H,8,12H2. The van der Waals surface area contributed by atoms with Crippen molar-refractivity contribution in [3.05, 3.63) is 76.5 Å². The minimum absolute atomic E-state index is 0.255. The first-order valence-electron chi connectivity index (χ1n) is 8.61.